The molecule has 104 valence electrons. The maximum atomic E-state index is 10.7. The van der Waals surface area contributed by atoms with E-state index in [1.54, 1.807) is 12.1 Å². The topological polar surface area (TPSA) is 70.0 Å². The van der Waals surface area contributed by atoms with Crippen molar-refractivity contribution in [3.63, 3.8) is 0 Å². The van der Waals surface area contributed by atoms with Crippen LogP contribution in [-0.4, -0.2) is 40.8 Å². The smallest absolute Gasteiger partial charge is 0.304 e. The van der Waals surface area contributed by atoms with Crippen LogP contribution in [0.25, 0.3) is 0 Å². The molecule has 19 heavy (non-hydrogen) atoms. The molecule has 0 amide bonds. The number of carbonyl (C=O) groups is 1. The first-order chi connectivity index (χ1) is 9.10. The lowest BCUT2D eigenvalue weighted by Crippen LogP contribution is -2.28. The van der Waals surface area contributed by atoms with E-state index in [1.165, 1.54) is 7.11 Å². The molecule has 2 rings (SSSR count). The summed E-state index contributed by atoms with van der Waals surface area (Å²) in [6, 6.07) is 5.79. The normalized spacial score (nSPS) is 14.6. The first kappa shape index (κ1) is 13.7. The van der Waals surface area contributed by atoms with Gasteiger partial charge in [-0.3, -0.25) is 9.69 Å². The minimum Gasteiger partial charge on any atom is -0.504 e. The number of carboxylic acids is 1. The Morgan fingerprint density at radius 1 is 1.47 bits per heavy atom. The van der Waals surface area contributed by atoms with Gasteiger partial charge in [-0.25, -0.2) is 0 Å². The number of nitrogens with zero attached hydrogens (tertiary/aromatic N) is 1. The van der Waals surface area contributed by atoms with Crippen LogP contribution in [0.5, 0.6) is 11.5 Å². The van der Waals surface area contributed by atoms with Crippen LogP contribution in [-0.2, 0) is 11.3 Å². The molecule has 5 nitrogen and oxygen atoms in total. The highest BCUT2D eigenvalue weighted by Gasteiger charge is 2.29. The van der Waals surface area contributed by atoms with Crippen LogP contribution >= 0.6 is 0 Å². The number of aromatic hydroxyl groups is 1. The summed E-state index contributed by atoms with van der Waals surface area (Å²) in [4.78, 5) is 12.8. The highest BCUT2D eigenvalue weighted by molar-refractivity contribution is 5.66. The van der Waals surface area contributed by atoms with Gasteiger partial charge >= 0.3 is 5.97 Å². The van der Waals surface area contributed by atoms with Crippen LogP contribution in [0.15, 0.2) is 18.2 Å². The first-order valence-electron chi connectivity index (χ1n) is 6.42. The molecule has 1 aromatic carbocycles. The predicted molar refractivity (Wildman–Crippen MR) is 70.3 cm³/mol. The van der Waals surface area contributed by atoms with Crippen molar-refractivity contribution in [2.24, 2.45) is 0 Å². The molecule has 0 unspecified atom stereocenters. The van der Waals surface area contributed by atoms with Crippen LogP contribution in [0.3, 0.4) is 0 Å². The van der Waals surface area contributed by atoms with Crippen molar-refractivity contribution in [1.29, 1.82) is 0 Å². The van der Waals surface area contributed by atoms with Crippen LogP contribution in [0, 0.1) is 0 Å². The number of benzene rings is 1. The molecular weight excluding hydrogens is 246 g/mol. The molecule has 1 aromatic rings. The van der Waals surface area contributed by atoms with Crippen LogP contribution in [0.4, 0.5) is 0 Å². The van der Waals surface area contributed by atoms with E-state index in [1.807, 2.05) is 6.07 Å². The zero-order valence-corrected chi connectivity index (χ0v) is 11.0. The van der Waals surface area contributed by atoms with Gasteiger partial charge in [-0.1, -0.05) is 6.07 Å². The predicted octanol–water partition coefficient (Wildman–Crippen LogP) is 1.84. The Morgan fingerprint density at radius 3 is 2.74 bits per heavy atom. The Kier molecular flexibility index (Phi) is 4.27. The van der Waals surface area contributed by atoms with Gasteiger partial charge in [0.1, 0.15) is 0 Å². The van der Waals surface area contributed by atoms with Crippen molar-refractivity contribution in [3.8, 4) is 11.5 Å². The van der Waals surface area contributed by atoms with Crippen LogP contribution in [0.2, 0.25) is 0 Å². The van der Waals surface area contributed by atoms with Crippen molar-refractivity contribution >= 4 is 5.97 Å². The molecule has 0 radical (unpaired) electrons. The Labute approximate surface area is 112 Å². The second kappa shape index (κ2) is 5.93. The van der Waals surface area contributed by atoms with E-state index in [4.69, 9.17) is 9.84 Å². The maximum absolute atomic E-state index is 10.7. The van der Waals surface area contributed by atoms with E-state index in [0.29, 0.717) is 24.9 Å². The summed E-state index contributed by atoms with van der Waals surface area (Å²) < 4.78 is 5.00. The fraction of sp³-hybridized carbons (Fsp3) is 0.500. The molecule has 1 saturated carbocycles. The number of carboxylic acid groups (broad SMARTS) is 1. The fourth-order valence-electron chi connectivity index (χ4n) is 2.14. The van der Waals surface area contributed by atoms with Gasteiger partial charge in [-0.05, 0) is 30.5 Å². The summed E-state index contributed by atoms with van der Waals surface area (Å²) >= 11 is 0. The van der Waals surface area contributed by atoms with Crippen LogP contribution in [0.1, 0.15) is 24.8 Å². The van der Waals surface area contributed by atoms with Crippen molar-refractivity contribution < 1.29 is 19.7 Å². The third-order valence-corrected chi connectivity index (χ3v) is 3.31. The summed E-state index contributed by atoms with van der Waals surface area (Å²) in [6.07, 6.45) is 2.40. The molecule has 0 bridgehead atoms. The molecule has 1 fully saturated rings. The Morgan fingerprint density at radius 2 is 2.21 bits per heavy atom. The summed E-state index contributed by atoms with van der Waals surface area (Å²) in [7, 11) is 1.51. The molecule has 1 aliphatic carbocycles. The monoisotopic (exact) mass is 265 g/mol. The van der Waals surface area contributed by atoms with E-state index in [2.05, 4.69) is 4.90 Å². The molecule has 0 spiro atoms. The Balaban J connectivity index is 2.00. The van der Waals surface area contributed by atoms with E-state index in [0.717, 1.165) is 18.4 Å². The first-order valence-corrected chi connectivity index (χ1v) is 6.42. The lowest BCUT2D eigenvalue weighted by atomic mass is 10.2. The molecule has 0 heterocycles. The van der Waals surface area contributed by atoms with Gasteiger partial charge < -0.3 is 14.9 Å². The van der Waals surface area contributed by atoms with Gasteiger partial charge in [-0.15, -0.1) is 0 Å². The van der Waals surface area contributed by atoms with Gasteiger partial charge in [0.15, 0.2) is 11.5 Å². The highest BCUT2D eigenvalue weighted by Crippen LogP contribution is 2.31. The third-order valence-electron chi connectivity index (χ3n) is 3.31. The number of ether oxygens (including phenoxy) is 1. The van der Waals surface area contributed by atoms with Crippen LogP contribution < -0.4 is 4.74 Å². The van der Waals surface area contributed by atoms with Gasteiger partial charge in [-0.2, -0.15) is 0 Å². The summed E-state index contributed by atoms with van der Waals surface area (Å²) in [5, 5.41) is 18.5. The van der Waals surface area contributed by atoms with Gasteiger partial charge in [0, 0.05) is 19.1 Å². The fourth-order valence-corrected chi connectivity index (χ4v) is 2.14. The maximum Gasteiger partial charge on any atom is 0.304 e. The van der Waals surface area contributed by atoms with Crippen molar-refractivity contribution in [1.82, 2.24) is 4.90 Å². The van der Waals surface area contributed by atoms with Crippen molar-refractivity contribution in [3.05, 3.63) is 23.8 Å². The van der Waals surface area contributed by atoms with E-state index < -0.39 is 5.97 Å². The quantitative estimate of drug-likeness (QED) is 0.787. The lowest BCUT2D eigenvalue weighted by molar-refractivity contribution is -0.137. The average molecular weight is 265 g/mol. The molecular formula is C14H19NO4. The standard InChI is InChI=1S/C14H19NO4/c1-19-13-5-2-10(8-12(13)16)9-15(11-3-4-11)7-6-14(17)18/h2,5,8,11,16H,3-4,6-7,9H2,1H3,(H,17,18). The number of rotatable bonds is 7. The largest absolute Gasteiger partial charge is 0.504 e. The highest BCUT2D eigenvalue weighted by atomic mass is 16.5. The van der Waals surface area contributed by atoms with Gasteiger partial charge in [0.05, 0.1) is 13.5 Å². The number of hydrogen-bond donors (Lipinski definition) is 2. The number of phenolic OH excluding ortho intramolecular Hbond substituents is 1. The second-order valence-electron chi connectivity index (χ2n) is 4.85. The Bertz CT molecular complexity index is 457. The molecule has 0 aliphatic heterocycles. The minimum absolute atomic E-state index is 0.119. The summed E-state index contributed by atoms with van der Waals surface area (Å²) in [5.74, 6) is -0.204. The van der Waals surface area contributed by atoms with Gasteiger partial charge in [0.2, 0.25) is 0 Å². The lowest BCUT2D eigenvalue weighted by Gasteiger charge is -2.21. The number of hydrogen-bond acceptors (Lipinski definition) is 4. The van der Waals surface area contributed by atoms with E-state index in [9.17, 15) is 9.90 Å². The number of phenols is 1. The molecule has 5 heteroatoms. The Hall–Kier alpha value is -1.75. The zero-order chi connectivity index (χ0) is 13.8. The van der Waals surface area contributed by atoms with E-state index in [-0.39, 0.29) is 12.2 Å². The van der Waals surface area contributed by atoms with Crippen molar-refractivity contribution in [2.75, 3.05) is 13.7 Å². The SMILES string of the molecule is COc1ccc(CN(CCC(=O)O)C2CC2)cc1O. The zero-order valence-electron chi connectivity index (χ0n) is 11.0. The molecule has 0 aromatic heterocycles. The molecule has 1 aliphatic rings. The van der Waals surface area contributed by atoms with E-state index >= 15 is 0 Å². The van der Waals surface area contributed by atoms with Crippen molar-refractivity contribution in [2.45, 2.75) is 31.8 Å². The summed E-state index contributed by atoms with van der Waals surface area (Å²) in [6.45, 7) is 1.21. The second-order valence-corrected chi connectivity index (χ2v) is 4.85. The molecule has 0 atom stereocenters. The average Bonchev–Trinajstić information content (AvgIpc) is 3.18. The third kappa shape index (κ3) is 3.86. The molecule has 0 saturated heterocycles. The summed E-state index contributed by atoms with van der Waals surface area (Å²) in [5.41, 5.74) is 0.968. The minimum atomic E-state index is -0.775. The molecule has 2 N–H and O–H groups in total. The number of aliphatic carboxylic acids is 1. The van der Waals surface area contributed by atoms with Gasteiger partial charge in [0.25, 0.3) is 0 Å². The number of methoxy groups -OCH3 is 1.